The van der Waals surface area contributed by atoms with Crippen LogP contribution in [0.4, 0.5) is 5.69 Å². The van der Waals surface area contributed by atoms with Crippen molar-refractivity contribution >= 4 is 28.2 Å². The zero-order valence-corrected chi connectivity index (χ0v) is 13.4. The number of aromatic nitrogens is 2. The maximum atomic E-state index is 11.0. The molecular weight excluding hydrogens is 310 g/mol. The van der Waals surface area contributed by atoms with Gasteiger partial charge in [0, 0.05) is 29.2 Å². The van der Waals surface area contributed by atoms with E-state index in [2.05, 4.69) is 33.3 Å². The van der Waals surface area contributed by atoms with Gasteiger partial charge in [-0.3, -0.25) is 5.10 Å². The van der Waals surface area contributed by atoms with Crippen molar-refractivity contribution in [3.8, 4) is 0 Å². The van der Waals surface area contributed by atoms with Crippen molar-refractivity contribution < 1.29 is 5.11 Å². The molecule has 0 bridgehead atoms. The van der Waals surface area contributed by atoms with Gasteiger partial charge in [0.25, 0.3) is 0 Å². The number of hydrogen-bond donors (Lipinski definition) is 2. The number of nitrogens with one attached hydrogen (secondary N) is 1. The summed E-state index contributed by atoms with van der Waals surface area (Å²) < 4.78 is 0. The first-order valence-corrected chi connectivity index (χ1v) is 8.18. The van der Waals surface area contributed by atoms with E-state index >= 15 is 0 Å². The molecule has 0 saturated carbocycles. The normalized spacial score (nSPS) is 17.6. The average Bonchev–Trinajstić information content (AvgIpc) is 3.03. The molecule has 0 atom stereocenters. The zero-order valence-electron chi connectivity index (χ0n) is 12.7. The van der Waals surface area contributed by atoms with Gasteiger partial charge in [-0.1, -0.05) is 23.7 Å². The molecular formula is C18H18ClN3O. The third-order valence-corrected chi connectivity index (χ3v) is 5.01. The Morgan fingerprint density at radius 3 is 2.57 bits per heavy atom. The van der Waals surface area contributed by atoms with E-state index < -0.39 is 5.60 Å². The molecule has 5 heteroatoms. The molecule has 23 heavy (non-hydrogen) atoms. The predicted octanol–water partition coefficient (Wildman–Crippen LogP) is 3.70. The molecule has 1 aliphatic heterocycles. The molecule has 4 rings (SSSR count). The van der Waals surface area contributed by atoms with Crippen molar-refractivity contribution in [1.29, 1.82) is 0 Å². The number of fused-ring (bicyclic) bond motifs is 1. The maximum Gasteiger partial charge on any atom is 0.0930 e. The number of anilines is 1. The number of rotatable bonds is 2. The zero-order chi connectivity index (χ0) is 15.9. The summed E-state index contributed by atoms with van der Waals surface area (Å²) in [5.41, 5.74) is 2.39. The predicted molar refractivity (Wildman–Crippen MR) is 92.9 cm³/mol. The van der Waals surface area contributed by atoms with Crippen LogP contribution in [0.1, 0.15) is 18.4 Å². The lowest BCUT2D eigenvalue weighted by Gasteiger charge is -2.39. The van der Waals surface area contributed by atoms with Crippen LogP contribution in [-0.2, 0) is 5.60 Å². The summed E-state index contributed by atoms with van der Waals surface area (Å²) in [6.07, 6.45) is 3.24. The standard InChI is InChI=1S/C18H18ClN3O/c19-15-4-2-14(3-5-15)18(23)7-9-22(10-8-18)16-6-1-13-12-20-21-17(13)11-16/h1-6,11-12,23H,7-10H2,(H,20,21). The van der Waals surface area contributed by atoms with E-state index in [0.29, 0.717) is 17.9 Å². The number of halogens is 1. The molecule has 0 amide bonds. The van der Waals surface area contributed by atoms with Gasteiger partial charge >= 0.3 is 0 Å². The largest absolute Gasteiger partial charge is 0.385 e. The number of aliphatic hydroxyl groups is 1. The van der Waals surface area contributed by atoms with Gasteiger partial charge in [-0.05, 0) is 48.7 Å². The van der Waals surface area contributed by atoms with Gasteiger partial charge in [0.1, 0.15) is 0 Å². The van der Waals surface area contributed by atoms with E-state index in [1.54, 1.807) is 0 Å². The van der Waals surface area contributed by atoms with Gasteiger partial charge in [-0.15, -0.1) is 0 Å². The molecule has 1 aromatic heterocycles. The average molecular weight is 328 g/mol. The molecule has 1 aliphatic rings. The molecule has 2 N–H and O–H groups in total. The van der Waals surface area contributed by atoms with Crippen LogP contribution in [0.15, 0.2) is 48.7 Å². The summed E-state index contributed by atoms with van der Waals surface area (Å²) in [5.74, 6) is 0. The van der Waals surface area contributed by atoms with Crippen LogP contribution < -0.4 is 4.90 Å². The van der Waals surface area contributed by atoms with Crippen LogP contribution in [0.25, 0.3) is 10.9 Å². The van der Waals surface area contributed by atoms with Gasteiger partial charge in [0.05, 0.1) is 17.3 Å². The Morgan fingerprint density at radius 1 is 1.09 bits per heavy atom. The van der Waals surface area contributed by atoms with Gasteiger partial charge in [-0.2, -0.15) is 5.10 Å². The van der Waals surface area contributed by atoms with Crippen LogP contribution in [0, 0.1) is 0 Å². The second-order valence-corrected chi connectivity index (χ2v) is 6.60. The fourth-order valence-corrected chi connectivity index (χ4v) is 3.43. The Hall–Kier alpha value is -2.04. The fraction of sp³-hybridized carbons (Fsp3) is 0.278. The number of hydrogen-bond acceptors (Lipinski definition) is 3. The van der Waals surface area contributed by atoms with Crippen molar-refractivity contribution in [2.45, 2.75) is 18.4 Å². The Labute approximate surface area is 139 Å². The number of H-pyrrole nitrogens is 1. The molecule has 1 saturated heterocycles. The summed E-state index contributed by atoms with van der Waals surface area (Å²) in [7, 11) is 0. The minimum Gasteiger partial charge on any atom is -0.385 e. The Balaban J connectivity index is 1.52. The molecule has 0 unspecified atom stereocenters. The van der Waals surface area contributed by atoms with E-state index in [9.17, 15) is 5.11 Å². The lowest BCUT2D eigenvalue weighted by Crippen LogP contribution is -2.42. The topological polar surface area (TPSA) is 52.1 Å². The van der Waals surface area contributed by atoms with E-state index in [1.807, 2.05) is 30.5 Å². The SMILES string of the molecule is OC1(c2ccc(Cl)cc2)CCN(c2ccc3cn[nH]c3c2)CC1. The van der Waals surface area contributed by atoms with Crippen molar-refractivity contribution in [1.82, 2.24) is 10.2 Å². The highest BCUT2D eigenvalue weighted by molar-refractivity contribution is 6.30. The first kappa shape index (κ1) is 14.5. The fourth-order valence-electron chi connectivity index (χ4n) is 3.31. The lowest BCUT2D eigenvalue weighted by molar-refractivity contribution is 0.0118. The number of aromatic amines is 1. The van der Waals surface area contributed by atoms with Crippen LogP contribution >= 0.6 is 11.6 Å². The summed E-state index contributed by atoms with van der Waals surface area (Å²) >= 11 is 5.94. The summed E-state index contributed by atoms with van der Waals surface area (Å²) in [6, 6.07) is 13.8. The molecule has 118 valence electrons. The van der Waals surface area contributed by atoms with Crippen molar-refractivity contribution in [3.63, 3.8) is 0 Å². The molecule has 0 radical (unpaired) electrons. The number of benzene rings is 2. The summed E-state index contributed by atoms with van der Waals surface area (Å²) in [4.78, 5) is 2.31. The minimum absolute atomic E-state index is 0.697. The van der Waals surface area contributed by atoms with Gasteiger partial charge in [-0.25, -0.2) is 0 Å². The monoisotopic (exact) mass is 327 g/mol. The minimum atomic E-state index is -0.765. The van der Waals surface area contributed by atoms with Crippen LogP contribution in [0.5, 0.6) is 0 Å². The molecule has 2 heterocycles. The number of piperidine rings is 1. The van der Waals surface area contributed by atoms with E-state index in [1.165, 1.54) is 5.69 Å². The molecule has 4 nitrogen and oxygen atoms in total. The van der Waals surface area contributed by atoms with Gasteiger partial charge in [0.2, 0.25) is 0 Å². The third kappa shape index (κ3) is 2.69. The van der Waals surface area contributed by atoms with Crippen molar-refractivity contribution in [2.75, 3.05) is 18.0 Å². The third-order valence-electron chi connectivity index (χ3n) is 4.76. The van der Waals surface area contributed by atoms with Crippen LogP contribution in [0.3, 0.4) is 0 Å². The Bertz CT molecular complexity index is 820. The first-order valence-electron chi connectivity index (χ1n) is 7.81. The Kier molecular flexibility index (Phi) is 3.51. The molecule has 2 aromatic carbocycles. The van der Waals surface area contributed by atoms with Crippen LogP contribution in [-0.4, -0.2) is 28.4 Å². The van der Waals surface area contributed by atoms with E-state index in [0.717, 1.165) is 29.6 Å². The van der Waals surface area contributed by atoms with Crippen molar-refractivity contribution in [2.24, 2.45) is 0 Å². The molecule has 0 spiro atoms. The van der Waals surface area contributed by atoms with E-state index in [4.69, 9.17) is 11.6 Å². The maximum absolute atomic E-state index is 11.0. The summed E-state index contributed by atoms with van der Waals surface area (Å²) in [5, 5.41) is 19.8. The molecule has 0 aliphatic carbocycles. The second kappa shape index (κ2) is 5.55. The van der Waals surface area contributed by atoms with Crippen LogP contribution in [0.2, 0.25) is 5.02 Å². The molecule has 1 fully saturated rings. The highest BCUT2D eigenvalue weighted by Gasteiger charge is 2.34. The quantitative estimate of drug-likeness (QED) is 0.754. The van der Waals surface area contributed by atoms with Gasteiger partial charge < -0.3 is 10.0 Å². The van der Waals surface area contributed by atoms with E-state index in [-0.39, 0.29) is 0 Å². The Morgan fingerprint density at radius 2 is 1.83 bits per heavy atom. The highest BCUT2D eigenvalue weighted by Crippen LogP contribution is 2.35. The number of nitrogens with zero attached hydrogens (tertiary/aromatic N) is 2. The lowest BCUT2D eigenvalue weighted by atomic mass is 9.84. The smallest absolute Gasteiger partial charge is 0.0930 e. The first-order chi connectivity index (χ1) is 11.1. The van der Waals surface area contributed by atoms with Crippen molar-refractivity contribution in [3.05, 3.63) is 59.2 Å². The highest BCUT2D eigenvalue weighted by atomic mass is 35.5. The molecule has 3 aromatic rings. The van der Waals surface area contributed by atoms with Gasteiger partial charge in [0.15, 0.2) is 0 Å². The second-order valence-electron chi connectivity index (χ2n) is 6.17. The summed E-state index contributed by atoms with van der Waals surface area (Å²) in [6.45, 7) is 1.64.